The predicted octanol–water partition coefficient (Wildman–Crippen LogP) is 5.65. The summed E-state index contributed by atoms with van der Waals surface area (Å²) in [4.78, 5) is 12.4. The van der Waals surface area contributed by atoms with Crippen LogP contribution in [0.5, 0.6) is 11.5 Å². The van der Waals surface area contributed by atoms with Crippen LogP contribution in [0.25, 0.3) is 6.08 Å². The van der Waals surface area contributed by atoms with Crippen molar-refractivity contribution in [1.82, 2.24) is 5.16 Å². The molecule has 3 rings (SSSR count). The van der Waals surface area contributed by atoms with Crippen LogP contribution in [0.1, 0.15) is 47.9 Å². The van der Waals surface area contributed by atoms with E-state index in [9.17, 15) is 4.79 Å². The van der Waals surface area contributed by atoms with Crippen LogP contribution in [0.15, 0.2) is 53.1 Å². The van der Waals surface area contributed by atoms with Gasteiger partial charge >= 0.3 is 0 Å². The molecule has 0 radical (unpaired) electrons. The Morgan fingerprint density at radius 2 is 1.94 bits per heavy atom. The van der Waals surface area contributed by atoms with Crippen LogP contribution in [-0.4, -0.2) is 18.2 Å². The molecule has 0 aliphatic carbocycles. The number of amides is 1. The maximum absolute atomic E-state index is 12.4. The number of nitrogens with zero attached hydrogens (tertiary/aromatic N) is 1. The van der Waals surface area contributed by atoms with Gasteiger partial charge in [-0.3, -0.25) is 4.79 Å². The van der Waals surface area contributed by atoms with E-state index in [0.29, 0.717) is 24.0 Å². The van der Waals surface area contributed by atoms with Gasteiger partial charge in [-0.15, -0.1) is 0 Å². The van der Waals surface area contributed by atoms with E-state index in [1.54, 1.807) is 13.2 Å². The van der Waals surface area contributed by atoms with E-state index in [1.165, 1.54) is 6.08 Å². The smallest absolute Gasteiger partial charge is 0.248 e. The number of para-hydroxylation sites is 1. The summed E-state index contributed by atoms with van der Waals surface area (Å²) in [5.74, 6) is 2.06. The number of nitrogens with one attached hydrogen (secondary N) is 1. The lowest BCUT2D eigenvalue weighted by molar-refractivity contribution is -0.111. The summed E-state index contributed by atoms with van der Waals surface area (Å²) in [6, 6.07) is 13.3. The number of rotatable bonds is 8. The molecule has 0 fully saturated rings. The van der Waals surface area contributed by atoms with Gasteiger partial charge in [0.2, 0.25) is 5.91 Å². The van der Waals surface area contributed by atoms with E-state index >= 15 is 0 Å². The molecule has 0 spiro atoms. The monoisotopic (exact) mass is 420 g/mol. The molecule has 1 aromatic heterocycles. The zero-order valence-electron chi connectivity index (χ0n) is 18.6. The highest BCUT2D eigenvalue weighted by Crippen LogP contribution is 2.30. The first-order valence-electron chi connectivity index (χ1n) is 10.2. The molecule has 0 aliphatic rings. The molecular weight excluding hydrogens is 392 g/mol. The van der Waals surface area contributed by atoms with Gasteiger partial charge in [-0.05, 0) is 55.2 Å². The molecule has 0 saturated heterocycles. The molecule has 6 nitrogen and oxygen atoms in total. The third kappa shape index (κ3) is 5.54. The molecule has 0 aliphatic heterocycles. The van der Waals surface area contributed by atoms with Gasteiger partial charge in [0, 0.05) is 11.8 Å². The van der Waals surface area contributed by atoms with Gasteiger partial charge in [-0.1, -0.05) is 43.3 Å². The SMILES string of the molecule is COc1cc(/C=C/C(=O)Nc2ccccc2C(C)C)ccc1OCc1c(C)noc1C. The van der Waals surface area contributed by atoms with Crippen molar-refractivity contribution in [3.05, 3.63) is 76.7 Å². The Balaban J connectivity index is 1.68. The maximum Gasteiger partial charge on any atom is 0.248 e. The van der Waals surface area contributed by atoms with Gasteiger partial charge in [-0.2, -0.15) is 0 Å². The predicted molar refractivity (Wildman–Crippen MR) is 121 cm³/mol. The molecule has 0 unspecified atom stereocenters. The van der Waals surface area contributed by atoms with Crippen molar-refractivity contribution >= 4 is 17.7 Å². The molecule has 0 bridgehead atoms. The van der Waals surface area contributed by atoms with E-state index < -0.39 is 0 Å². The Kier molecular flexibility index (Phi) is 7.13. The topological polar surface area (TPSA) is 73.6 Å². The third-order valence-corrected chi connectivity index (χ3v) is 5.01. The fourth-order valence-electron chi connectivity index (χ4n) is 3.23. The minimum atomic E-state index is -0.189. The van der Waals surface area contributed by atoms with E-state index in [4.69, 9.17) is 14.0 Å². The molecule has 6 heteroatoms. The lowest BCUT2D eigenvalue weighted by Gasteiger charge is -2.12. The molecule has 0 atom stereocenters. The number of aromatic nitrogens is 1. The number of aryl methyl sites for hydroxylation is 2. The lowest BCUT2D eigenvalue weighted by atomic mass is 10.0. The number of methoxy groups -OCH3 is 1. The second-order valence-electron chi connectivity index (χ2n) is 7.57. The summed E-state index contributed by atoms with van der Waals surface area (Å²) < 4.78 is 16.5. The Morgan fingerprint density at radius 3 is 2.61 bits per heavy atom. The first-order chi connectivity index (χ1) is 14.9. The fraction of sp³-hybridized carbons (Fsp3) is 0.280. The average molecular weight is 421 g/mol. The highest BCUT2D eigenvalue weighted by Gasteiger charge is 2.12. The largest absolute Gasteiger partial charge is 0.493 e. The Labute approximate surface area is 182 Å². The van der Waals surface area contributed by atoms with E-state index in [-0.39, 0.29) is 5.91 Å². The summed E-state index contributed by atoms with van der Waals surface area (Å²) in [6.45, 7) is 8.27. The molecule has 0 saturated carbocycles. The average Bonchev–Trinajstić information content (AvgIpc) is 3.08. The van der Waals surface area contributed by atoms with Crippen molar-refractivity contribution < 1.29 is 18.8 Å². The fourth-order valence-corrected chi connectivity index (χ4v) is 3.23. The summed E-state index contributed by atoms with van der Waals surface area (Å²) in [7, 11) is 1.58. The quantitative estimate of drug-likeness (QED) is 0.476. The molecule has 2 aromatic carbocycles. The van der Waals surface area contributed by atoms with Gasteiger partial charge in [0.1, 0.15) is 12.4 Å². The van der Waals surface area contributed by atoms with E-state index in [1.807, 2.05) is 56.3 Å². The summed E-state index contributed by atoms with van der Waals surface area (Å²) in [6.07, 6.45) is 3.25. The van der Waals surface area contributed by atoms with Crippen LogP contribution in [0.3, 0.4) is 0 Å². The van der Waals surface area contributed by atoms with Crippen LogP contribution in [-0.2, 0) is 11.4 Å². The highest BCUT2D eigenvalue weighted by molar-refractivity contribution is 6.02. The molecule has 1 heterocycles. The normalized spacial score (nSPS) is 11.2. The molecular formula is C25H28N2O4. The van der Waals surface area contributed by atoms with Crippen molar-refractivity contribution in [2.45, 2.75) is 40.2 Å². The number of ether oxygens (including phenoxy) is 2. The van der Waals surface area contributed by atoms with Crippen molar-refractivity contribution in [1.29, 1.82) is 0 Å². The van der Waals surface area contributed by atoms with Gasteiger partial charge < -0.3 is 19.3 Å². The first kappa shape index (κ1) is 22.2. The maximum atomic E-state index is 12.4. The van der Waals surface area contributed by atoms with Crippen molar-refractivity contribution in [3.63, 3.8) is 0 Å². The summed E-state index contributed by atoms with van der Waals surface area (Å²) >= 11 is 0. The Bertz CT molecular complexity index is 1060. The Hall–Kier alpha value is -3.54. The number of hydrogen-bond donors (Lipinski definition) is 1. The van der Waals surface area contributed by atoms with Crippen LogP contribution in [0.2, 0.25) is 0 Å². The number of carbonyl (C=O) groups excluding carboxylic acids is 1. The zero-order valence-corrected chi connectivity index (χ0v) is 18.6. The van der Waals surface area contributed by atoms with Crippen LogP contribution >= 0.6 is 0 Å². The first-order valence-corrected chi connectivity index (χ1v) is 10.2. The third-order valence-electron chi connectivity index (χ3n) is 5.01. The van der Waals surface area contributed by atoms with Gasteiger partial charge in [0.15, 0.2) is 11.5 Å². The molecule has 3 aromatic rings. The minimum absolute atomic E-state index is 0.189. The van der Waals surface area contributed by atoms with E-state index in [0.717, 1.165) is 33.8 Å². The van der Waals surface area contributed by atoms with Crippen molar-refractivity contribution in [2.24, 2.45) is 0 Å². The number of hydrogen-bond acceptors (Lipinski definition) is 5. The Morgan fingerprint density at radius 1 is 1.16 bits per heavy atom. The molecule has 31 heavy (non-hydrogen) atoms. The molecule has 1 N–H and O–H groups in total. The second-order valence-corrected chi connectivity index (χ2v) is 7.57. The van der Waals surface area contributed by atoms with Gasteiger partial charge in [0.25, 0.3) is 0 Å². The number of carbonyl (C=O) groups is 1. The lowest BCUT2D eigenvalue weighted by Crippen LogP contribution is -2.10. The van der Waals surface area contributed by atoms with Gasteiger partial charge in [-0.25, -0.2) is 0 Å². The molecule has 1 amide bonds. The molecule has 162 valence electrons. The van der Waals surface area contributed by atoms with E-state index in [2.05, 4.69) is 24.3 Å². The van der Waals surface area contributed by atoms with Crippen LogP contribution in [0, 0.1) is 13.8 Å². The standard InChI is InChI=1S/C25H28N2O4/c1-16(2)20-8-6-7-9-22(20)26-25(28)13-11-19-10-12-23(24(14-19)29-5)30-15-21-17(3)27-31-18(21)4/h6-14,16H,15H2,1-5H3,(H,26,28)/b13-11+. The van der Waals surface area contributed by atoms with Crippen LogP contribution < -0.4 is 14.8 Å². The van der Waals surface area contributed by atoms with Gasteiger partial charge in [0.05, 0.1) is 18.4 Å². The minimum Gasteiger partial charge on any atom is -0.493 e. The number of anilines is 1. The summed E-state index contributed by atoms with van der Waals surface area (Å²) in [5.41, 5.74) is 4.48. The highest BCUT2D eigenvalue weighted by atomic mass is 16.5. The number of benzene rings is 2. The zero-order chi connectivity index (χ0) is 22.4. The summed E-state index contributed by atoms with van der Waals surface area (Å²) in [5, 5.41) is 6.89. The van der Waals surface area contributed by atoms with Crippen molar-refractivity contribution in [3.8, 4) is 11.5 Å². The second kappa shape index (κ2) is 9.98. The van der Waals surface area contributed by atoms with Crippen molar-refractivity contribution in [2.75, 3.05) is 12.4 Å². The van der Waals surface area contributed by atoms with Crippen LogP contribution in [0.4, 0.5) is 5.69 Å².